The number of guanidine groups is 1. The lowest BCUT2D eigenvalue weighted by atomic mass is 9.93. The van der Waals surface area contributed by atoms with Crippen LogP contribution in [-0.4, -0.2) is 39.3 Å². The number of aliphatic hydroxyl groups is 1. The van der Waals surface area contributed by atoms with Crippen LogP contribution >= 0.6 is 0 Å². The quantitative estimate of drug-likeness (QED) is 0.423. The molecule has 0 amide bonds. The summed E-state index contributed by atoms with van der Waals surface area (Å²) in [6, 6.07) is 0. The average Bonchev–Trinajstić information content (AvgIpc) is 2.97. The van der Waals surface area contributed by atoms with Crippen LogP contribution in [0.5, 0.6) is 0 Å². The number of hydrogen-bond acceptors (Lipinski definition) is 3. The highest BCUT2D eigenvalue weighted by Crippen LogP contribution is 2.18. The van der Waals surface area contributed by atoms with Crippen molar-refractivity contribution in [2.24, 2.45) is 10.9 Å². The van der Waals surface area contributed by atoms with Crippen molar-refractivity contribution in [3.05, 3.63) is 18.2 Å². The van der Waals surface area contributed by atoms with Gasteiger partial charge in [-0.15, -0.1) is 0 Å². The SMILES string of the molecule is CCCC(O)(CCC)CNC(=NCc1nccn1CC(C)C)NCC. The summed E-state index contributed by atoms with van der Waals surface area (Å²) in [5, 5.41) is 17.3. The Morgan fingerprint density at radius 1 is 1.24 bits per heavy atom. The van der Waals surface area contributed by atoms with Crippen LogP contribution in [0.3, 0.4) is 0 Å². The average molecular weight is 352 g/mol. The Balaban J connectivity index is 2.72. The van der Waals surface area contributed by atoms with E-state index < -0.39 is 5.60 Å². The van der Waals surface area contributed by atoms with E-state index in [1.165, 1.54) is 0 Å². The summed E-state index contributed by atoms with van der Waals surface area (Å²) in [7, 11) is 0. The molecule has 0 fully saturated rings. The topological polar surface area (TPSA) is 74.5 Å². The maximum absolute atomic E-state index is 10.8. The van der Waals surface area contributed by atoms with Crippen molar-refractivity contribution in [2.45, 2.75) is 79.0 Å². The van der Waals surface area contributed by atoms with E-state index in [9.17, 15) is 5.11 Å². The monoisotopic (exact) mass is 351 g/mol. The van der Waals surface area contributed by atoms with Crippen molar-refractivity contribution in [2.75, 3.05) is 13.1 Å². The van der Waals surface area contributed by atoms with Crippen molar-refractivity contribution in [3.8, 4) is 0 Å². The molecule has 0 saturated heterocycles. The van der Waals surface area contributed by atoms with Crippen LogP contribution < -0.4 is 10.6 Å². The molecule has 3 N–H and O–H groups in total. The van der Waals surface area contributed by atoms with Crippen LogP contribution in [0.4, 0.5) is 0 Å². The summed E-state index contributed by atoms with van der Waals surface area (Å²) in [5.74, 6) is 2.26. The van der Waals surface area contributed by atoms with Crippen molar-refractivity contribution in [1.29, 1.82) is 0 Å². The highest BCUT2D eigenvalue weighted by molar-refractivity contribution is 5.79. The Labute approximate surface area is 153 Å². The van der Waals surface area contributed by atoms with Gasteiger partial charge in [0.2, 0.25) is 0 Å². The third kappa shape index (κ3) is 7.90. The Bertz CT molecular complexity index is 504. The summed E-state index contributed by atoms with van der Waals surface area (Å²) in [4.78, 5) is 9.07. The van der Waals surface area contributed by atoms with E-state index in [4.69, 9.17) is 0 Å². The molecule has 0 bridgehead atoms. The molecule has 1 heterocycles. The van der Waals surface area contributed by atoms with E-state index >= 15 is 0 Å². The van der Waals surface area contributed by atoms with Crippen LogP contribution in [0.2, 0.25) is 0 Å². The number of aromatic nitrogens is 2. The van der Waals surface area contributed by atoms with Gasteiger partial charge in [-0.2, -0.15) is 0 Å². The standard InChI is InChI=1S/C19H37N5O/c1-6-9-19(25,10-7-2)15-23-18(20-8-3)22-13-17-21-11-12-24(17)14-16(4)5/h11-12,16,25H,6-10,13-15H2,1-5H3,(H2,20,22,23). The molecule has 0 atom stereocenters. The number of hydrogen-bond donors (Lipinski definition) is 3. The third-order valence-corrected chi connectivity index (χ3v) is 4.10. The normalized spacial score (nSPS) is 12.7. The first kappa shape index (κ1) is 21.5. The minimum atomic E-state index is -0.671. The highest BCUT2D eigenvalue weighted by atomic mass is 16.3. The Hall–Kier alpha value is -1.56. The second-order valence-electron chi connectivity index (χ2n) is 7.16. The van der Waals surface area contributed by atoms with Gasteiger partial charge in [-0.25, -0.2) is 9.98 Å². The first-order chi connectivity index (χ1) is 11.9. The zero-order valence-electron chi connectivity index (χ0n) is 16.7. The van der Waals surface area contributed by atoms with Gasteiger partial charge in [0.05, 0.1) is 5.60 Å². The number of nitrogens with zero attached hydrogens (tertiary/aromatic N) is 3. The summed E-state index contributed by atoms with van der Waals surface area (Å²) in [6.45, 7) is 13.4. The van der Waals surface area contributed by atoms with Crippen LogP contribution in [0.15, 0.2) is 17.4 Å². The summed E-state index contributed by atoms with van der Waals surface area (Å²) < 4.78 is 2.15. The fourth-order valence-electron chi connectivity index (χ4n) is 3.02. The van der Waals surface area contributed by atoms with Crippen molar-refractivity contribution in [1.82, 2.24) is 20.2 Å². The zero-order valence-corrected chi connectivity index (χ0v) is 16.7. The third-order valence-electron chi connectivity index (χ3n) is 4.10. The molecule has 1 aromatic rings. The minimum absolute atomic E-state index is 0.515. The minimum Gasteiger partial charge on any atom is -0.388 e. The van der Waals surface area contributed by atoms with E-state index in [0.717, 1.165) is 50.6 Å². The molecule has 0 aliphatic rings. The number of rotatable bonds is 11. The fourth-order valence-corrected chi connectivity index (χ4v) is 3.02. The molecule has 0 spiro atoms. The molecule has 0 unspecified atom stereocenters. The van der Waals surface area contributed by atoms with Crippen molar-refractivity contribution in [3.63, 3.8) is 0 Å². The molecule has 144 valence electrons. The van der Waals surface area contributed by atoms with E-state index in [1.54, 1.807) is 0 Å². The molecular weight excluding hydrogens is 314 g/mol. The van der Waals surface area contributed by atoms with Gasteiger partial charge in [0.15, 0.2) is 5.96 Å². The predicted molar refractivity (Wildman–Crippen MR) is 105 cm³/mol. The molecule has 0 radical (unpaired) electrons. The zero-order chi connectivity index (χ0) is 18.7. The lowest BCUT2D eigenvalue weighted by molar-refractivity contribution is 0.0257. The van der Waals surface area contributed by atoms with Gasteiger partial charge in [0.25, 0.3) is 0 Å². The van der Waals surface area contributed by atoms with Crippen LogP contribution in [-0.2, 0) is 13.1 Å². The van der Waals surface area contributed by atoms with Gasteiger partial charge < -0.3 is 20.3 Å². The Morgan fingerprint density at radius 2 is 1.92 bits per heavy atom. The molecule has 1 aromatic heterocycles. The number of aliphatic imine (C=N–C) groups is 1. The second-order valence-corrected chi connectivity index (χ2v) is 7.16. The van der Waals surface area contributed by atoms with Gasteiger partial charge in [0, 0.05) is 32.0 Å². The van der Waals surface area contributed by atoms with Crippen molar-refractivity contribution < 1.29 is 5.11 Å². The van der Waals surface area contributed by atoms with Gasteiger partial charge in [-0.3, -0.25) is 0 Å². The molecule has 0 aromatic carbocycles. The van der Waals surface area contributed by atoms with E-state index in [-0.39, 0.29) is 0 Å². The number of imidazole rings is 1. The number of nitrogens with one attached hydrogen (secondary N) is 2. The van der Waals surface area contributed by atoms with E-state index in [2.05, 4.69) is 52.9 Å². The smallest absolute Gasteiger partial charge is 0.191 e. The molecule has 0 aliphatic heterocycles. The Morgan fingerprint density at radius 3 is 2.48 bits per heavy atom. The lowest BCUT2D eigenvalue weighted by Gasteiger charge is -2.28. The first-order valence-corrected chi connectivity index (χ1v) is 9.68. The molecule has 1 rings (SSSR count). The van der Waals surface area contributed by atoms with Gasteiger partial charge in [0.1, 0.15) is 12.4 Å². The summed E-state index contributed by atoms with van der Waals surface area (Å²) in [6.07, 6.45) is 7.37. The summed E-state index contributed by atoms with van der Waals surface area (Å²) in [5.41, 5.74) is -0.671. The van der Waals surface area contributed by atoms with Gasteiger partial charge in [-0.1, -0.05) is 40.5 Å². The van der Waals surface area contributed by atoms with Crippen LogP contribution in [0.25, 0.3) is 0 Å². The maximum Gasteiger partial charge on any atom is 0.191 e. The molecular formula is C19H37N5O. The predicted octanol–water partition coefficient (Wildman–Crippen LogP) is 2.93. The molecule has 0 aliphatic carbocycles. The van der Waals surface area contributed by atoms with E-state index in [1.807, 2.05) is 19.3 Å². The molecule has 6 nitrogen and oxygen atoms in total. The Kier molecular flexibility index (Phi) is 9.57. The van der Waals surface area contributed by atoms with Crippen LogP contribution in [0.1, 0.15) is 66.1 Å². The van der Waals surface area contributed by atoms with Crippen LogP contribution in [0, 0.1) is 5.92 Å². The lowest BCUT2D eigenvalue weighted by Crippen LogP contribution is -2.47. The largest absolute Gasteiger partial charge is 0.388 e. The summed E-state index contributed by atoms with van der Waals surface area (Å²) >= 11 is 0. The molecule has 6 heteroatoms. The maximum atomic E-state index is 10.8. The first-order valence-electron chi connectivity index (χ1n) is 9.68. The second kappa shape index (κ2) is 11.1. The van der Waals surface area contributed by atoms with Gasteiger partial charge in [-0.05, 0) is 25.7 Å². The fraction of sp³-hybridized carbons (Fsp3) is 0.789. The molecule has 25 heavy (non-hydrogen) atoms. The molecule has 0 saturated carbocycles. The van der Waals surface area contributed by atoms with Crippen molar-refractivity contribution >= 4 is 5.96 Å². The van der Waals surface area contributed by atoms with E-state index in [0.29, 0.717) is 19.0 Å². The highest BCUT2D eigenvalue weighted by Gasteiger charge is 2.24. The van der Waals surface area contributed by atoms with Gasteiger partial charge >= 0.3 is 0 Å².